The van der Waals surface area contributed by atoms with Crippen molar-refractivity contribution in [2.45, 2.75) is 33.1 Å². The van der Waals surface area contributed by atoms with E-state index < -0.39 is 0 Å². The average molecular weight is 225 g/mol. The van der Waals surface area contributed by atoms with Gasteiger partial charge < -0.3 is 16.4 Å². The minimum atomic E-state index is -0.0327. The van der Waals surface area contributed by atoms with Crippen LogP contribution in [0.15, 0.2) is 4.99 Å². The number of likely N-dealkylation sites (tertiary alicyclic amines) is 1. The Hall–Kier alpha value is -1.26. The Morgan fingerprint density at radius 1 is 1.31 bits per heavy atom. The van der Waals surface area contributed by atoms with Crippen LogP contribution in [0.2, 0.25) is 0 Å². The van der Waals surface area contributed by atoms with Gasteiger partial charge in [0.25, 0.3) is 0 Å². The summed E-state index contributed by atoms with van der Waals surface area (Å²) >= 11 is 0. The second-order valence-corrected chi connectivity index (χ2v) is 4.78. The van der Waals surface area contributed by atoms with Gasteiger partial charge in [0, 0.05) is 13.1 Å². The second-order valence-electron chi connectivity index (χ2n) is 4.78. The standard InChI is InChI=1S/C11H23N5/c1-8(2)9-4-3-6-16(7-5-9)11(14)15-10(12)13/h8-9H,3-7H2,1-2H3,(H5,12,13,14,15). The van der Waals surface area contributed by atoms with Crippen LogP contribution < -0.4 is 11.5 Å². The van der Waals surface area contributed by atoms with Crippen LogP contribution in [0.5, 0.6) is 0 Å². The molecule has 0 aliphatic carbocycles. The van der Waals surface area contributed by atoms with Crippen molar-refractivity contribution in [1.29, 1.82) is 5.41 Å². The molecule has 16 heavy (non-hydrogen) atoms. The molecule has 5 heteroatoms. The number of aliphatic imine (C=N–C) groups is 1. The van der Waals surface area contributed by atoms with E-state index in [0.29, 0.717) is 0 Å². The van der Waals surface area contributed by atoms with Crippen LogP contribution in [-0.4, -0.2) is 29.9 Å². The van der Waals surface area contributed by atoms with Crippen LogP contribution in [0.3, 0.4) is 0 Å². The number of guanidine groups is 2. The molecule has 5 nitrogen and oxygen atoms in total. The third kappa shape index (κ3) is 3.72. The summed E-state index contributed by atoms with van der Waals surface area (Å²) in [6.07, 6.45) is 3.48. The molecule has 1 unspecified atom stereocenters. The zero-order chi connectivity index (χ0) is 12.1. The number of hydrogen-bond donors (Lipinski definition) is 3. The number of rotatable bonds is 1. The van der Waals surface area contributed by atoms with Gasteiger partial charge in [-0.25, -0.2) is 0 Å². The van der Waals surface area contributed by atoms with Gasteiger partial charge in [0.15, 0.2) is 5.96 Å². The van der Waals surface area contributed by atoms with Crippen LogP contribution in [0.25, 0.3) is 0 Å². The van der Waals surface area contributed by atoms with Crippen molar-refractivity contribution in [2.75, 3.05) is 13.1 Å². The molecule has 1 atom stereocenters. The molecule has 5 N–H and O–H groups in total. The molecule has 0 aromatic rings. The van der Waals surface area contributed by atoms with Gasteiger partial charge in [-0.1, -0.05) is 13.8 Å². The number of hydrogen-bond acceptors (Lipinski definition) is 1. The summed E-state index contributed by atoms with van der Waals surface area (Å²) < 4.78 is 0. The molecular weight excluding hydrogens is 202 g/mol. The van der Waals surface area contributed by atoms with Crippen LogP contribution in [0, 0.1) is 17.2 Å². The average Bonchev–Trinajstić information content (AvgIpc) is 2.41. The fourth-order valence-electron chi connectivity index (χ4n) is 2.19. The second kappa shape index (κ2) is 5.72. The highest BCUT2D eigenvalue weighted by molar-refractivity contribution is 5.91. The molecule has 1 heterocycles. The molecule has 0 radical (unpaired) electrons. The normalized spacial score (nSPS) is 21.7. The lowest BCUT2D eigenvalue weighted by Gasteiger charge is -2.21. The van der Waals surface area contributed by atoms with Gasteiger partial charge in [0.2, 0.25) is 5.96 Å². The van der Waals surface area contributed by atoms with Gasteiger partial charge in [-0.3, -0.25) is 5.41 Å². The molecule has 0 aromatic heterocycles. The van der Waals surface area contributed by atoms with Gasteiger partial charge >= 0.3 is 0 Å². The molecule has 0 bridgehead atoms. The Kier molecular flexibility index (Phi) is 4.58. The molecule has 92 valence electrons. The Labute approximate surface area is 97.4 Å². The molecule has 0 aromatic carbocycles. The molecule has 0 spiro atoms. The van der Waals surface area contributed by atoms with E-state index in [0.717, 1.165) is 37.8 Å². The molecule has 1 saturated heterocycles. The summed E-state index contributed by atoms with van der Waals surface area (Å²) in [4.78, 5) is 5.75. The first-order valence-electron chi connectivity index (χ1n) is 5.94. The van der Waals surface area contributed by atoms with E-state index in [1.165, 1.54) is 6.42 Å². The minimum absolute atomic E-state index is 0.0327. The first-order chi connectivity index (χ1) is 7.50. The Morgan fingerprint density at radius 2 is 2.00 bits per heavy atom. The van der Waals surface area contributed by atoms with Gasteiger partial charge in [-0.05, 0) is 31.1 Å². The molecule has 1 aliphatic heterocycles. The molecule has 0 saturated carbocycles. The minimum Gasteiger partial charge on any atom is -0.370 e. The molecule has 1 fully saturated rings. The predicted octanol–water partition coefficient (Wildman–Crippen LogP) is 0.953. The fraction of sp³-hybridized carbons (Fsp3) is 0.818. The van der Waals surface area contributed by atoms with Crippen molar-refractivity contribution < 1.29 is 0 Å². The van der Waals surface area contributed by atoms with Gasteiger partial charge in [0.05, 0.1) is 0 Å². The van der Waals surface area contributed by atoms with E-state index in [4.69, 9.17) is 16.9 Å². The first kappa shape index (κ1) is 12.8. The quantitative estimate of drug-likeness (QED) is 0.458. The predicted molar refractivity (Wildman–Crippen MR) is 67.3 cm³/mol. The van der Waals surface area contributed by atoms with E-state index in [1.807, 2.05) is 4.90 Å². The van der Waals surface area contributed by atoms with Crippen molar-refractivity contribution >= 4 is 11.9 Å². The topological polar surface area (TPSA) is 91.5 Å². The fourth-order valence-corrected chi connectivity index (χ4v) is 2.19. The van der Waals surface area contributed by atoms with E-state index in [9.17, 15) is 0 Å². The largest absolute Gasteiger partial charge is 0.370 e. The highest BCUT2D eigenvalue weighted by Crippen LogP contribution is 2.24. The summed E-state index contributed by atoms with van der Waals surface area (Å²) in [6.45, 7) is 6.31. The maximum atomic E-state index is 7.76. The van der Waals surface area contributed by atoms with Gasteiger partial charge in [-0.2, -0.15) is 4.99 Å². The molecule has 1 aliphatic rings. The summed E-state index contributed by atoms with van der Waals surface area (Å²) in [5.74, 6) is 1.65. The van der Waals surface area contributed by atoms with E-state index in [-0.39, 0.29) is 11.9 Å². The van der Waals surface area contributed by atoms with Crippen LogP contribution in [0.1, 0.15) is 33.1 Å². The maximum Gasteiger partial charge on any atom is 0.221 e. The van der Waals surface area contributed by atoms with Crippen molar-refractivity contribution in [3.05, 3.63) is 0 Å². The summed E-state index contributed by atoms with van der Waals surface area (Å²) in [5.41, 5.74) is 10.5. The SMILES string of the molecule is CC(C)C1CCCN(C(=N)N=C(N)N)CC1. The lowest BCUT2D eigenvalue weighted by atomic mass is 9.89. The number of nitrogens with two attached hydrogens (primary N) is 2. The van der Waals surface area contributed by atoms with Crippen LogP contribution >= 0.6 is 0 Å². The zero-order valence-corrected chi connectivity index (χ0v) is 10.2. The maximum absolute atomic E-state index is 7.76. The van der Waals surface area contributed by atoms with Gasteiger partial charge in [0.1, 0.15) is 0 Å². The van der Waals surface area contributed by atoms with Crippen molar-refractivity contribution in [3.63, 3.8) is 0 Å². The smallest absolute Gasteiger partial charge is 0.221 e. The number of nitrogens with one attached hydrogen (secondary N) is 1. The highest BCUT2D eigenvalue weighted by Gasteiger charge is 2.20. The van der Waals surface area contributed by atoms with Crippen LogP contribution in [-0.2, 0) is 0 Å². The summed E-state index contributed by atoms with van der Waals surface area (Å²) in [5, 5.41) is 7.76. The molecule has 1 rings (SSSR count). The Balaban J connectivity index is 2.53. The molecular formula is C11H23N5. The first-order valence-corrected chi connectivity index (χ1v) is 5.94. The van der Waals surface area contributed by atoms with E-state index >= 15 is 0 Å². The Morgan fingerprint density at radius 3 is 2.56 bits per heavy atom. The molecule has 0 amide bonds. The number of nitrogens with zero attached hydrogens (tertiary/aromatic N) is 2. The van der Waals surface area contributed by atoms with Crippen molar-refractivity contribution in [1.82, 2.24) is 4.90 Å². The highest BCUT2D eigenvalue weighted by atomic mass is 15.3. The summed E-state index contributed by atoms with van der Waals surface area (Å²) in [6, 6.07) is 0. The summed E-state index contributed by atoms with van der Waals surface area (Å²) in [7, 11) is 0. The van der Waals surface area contributed by atoms with E-state index in [2.05, 4.69) is 18.8 Å². The van der Waals surface area contributed by atoms with Gasteiger partial charge in [-0.15, -0.1) is 0 Å². The van der Waals surface area contributed by atoms with Crippen molar-refractivity contribution in [2.24, 2.45) is 28.3 Å². The monoisotopic (exact) mass is 225 g/mol. The zero-order valence-electron chi connectivity index (χ0n) is 10.2. The lowest BCUT2D eigenvalue weighted by molar-refractivity contribution is 0.339. The van der Waals surface area contributed by atoms with E-state index in [1.54, 1.807) is 0 Å². The lowest BCUT2D eigenvalue weighted by Crippen LogP contribution is -2.34. The van der Waals surface area contributed by atoms with Crippen LogP contribution in [0.4, 0.5) is 0 Å². The van der Waals surface area contributed by atoms with Crippen molar-refractivity contribution in [3.8, 4) is 0 Å². The third-order valence-corrected chi connectivity index (χ3v) is 3.25. The Bertz CT molecular complexity index is 268. The third-order valence-electron chi connectivity index (χ3n) is 3.25.